The van der Waals surface area contributed by atoms with E-state index in [9.17, 15) is 4.79 Å². The third-order valence-electron chi connectivity index (χ3n) is 2.01. The van der Waals surface area contributed by atoms with Crippen molar-refractivity contribution in [2.75, 3.05) is 5.32 Å². The summed E-state index contributed by atoms with van der Waals surface area (Å²) in [6, 6.07) is 10.8. The minimum absolute atomic E-state index is 0. The Labute approximate surface area is 114 Å². The molecule has 88 valence electrons. The quantitative estimate of drug-likeness (QED) is 0.921. The van der Waals surface area contributed by atoms with Crippen molar-refractivity contribution in [2.24, 2.45) is 0 Å². The summed E-state index contributed by atoms with van der Waals surface area (Å²) in [6.45, 7) is 0. The van der Waals surface area contributed by atoms with Gasteiger partial charge in [-0.2, -0.15) is 0 Å². The second-order valence-electron chi connectivity index (χ2n) is 3.21. The molecular weight excluding hydrogens is 304 g/mol. The zero-order valence-electron chi connectivity index (χ0n) is 8.76. The highest BCUT2D eigenvalue weighted by Gasteiger charge is 2.05. The normalized spacial score (nSPS) is 9.24. The van der Waals surface area contributed by atoms with Gasteiger partial charge in [-0.1, -0.05) is 22.0 Å². The van der Waals surface area contributed by atoms with Gasteiger partial charge in [0.05, 0.1) is 11.9 Å². The maximum absolute atomic E-state index is 11.8. The molecule has 1 aromatic carbocycles. The minimum Gasteiger partial charge on any atom is -0.321 e. The molecular formula is C12H10BrClN2O. The van der Waals surface area contributed by atoms with E-state index in [0.717, 1.165) is 4.47 Å². The Hall–Kier alpha value is -1.39. The highest BCUT2D eigenvalue weighted by Crippen LogP contribution is 2.13. The number of anilines is 1. The molecule has 3 nitrogen and oxygen atoms in total. The average molecular weight is 314 g/mol. The smallest absolute Gasteiger partial charge is 0.255 e. The van der Waals surface area contributed by atoms with Gasteiger partial charge in [-0.05, 0) is 30.3 Å². The minimum atomic E-state index is -0.144. The van der Waals surface area contributed by atoms with Crippen molar-refractivity contribution in [1.29, 1.82) is 0 Å². The maximum atomic E-state index is 11.8. The van der Waals surface area contributed by atoms with Crippen LogP contribution in [0.3, 0.4) is 0 Å². The summed E-state index contributed by atoms with van der Waals surface area (Å²) in [6.07, 6.45) is 3.27. The lowest BCUT2D eigenvalue weighted by atomic mass is 10.2. The number of amides is 1. The van der Waals surface area contributed by atoms with E-state index in [1.54, 1.807) is 36.7 Å². The van der Waals surface area contributed by atoms with Crippen molar-refractivity contribution in [3.8, 4) is 0 Å². The van der Waals surface area contributed by atoms with Crippen molar-refractivity contribution in [3.63, 3.8) is 0 Å². The number of benzene rings is 1. The van der Waals surface area contributed by atoms with Crippen LogP contribution in [0, 0.1) is 0 Å². The second-order valence-corrected chi connectivity index (χ2v) is 4.12. The number of aromatic nitrogens is 1. The summed E-state index contributed by atoms with van der Waals surface area (Å²) in [5, 5.41) is 2.76. The van der Waals surface area contributed by atoms with Crippen molar-refractivity contribution in [2.45, 2.75) is 0 Å². The Bertz CT molecular complexity index is 505. The molecule has 0 aliphatic heterocycles. The first-order valence-corrected chi connectivity index (χ1v) is 5.52. The van der Waals surface area contributed by atoms with Crippen LogP contribution < -0.4 is 5.32 Å². The SMILES string of the molecule is Cl.O=C(Nc1cccnc1)c1cccc(Br)c1. The Morgan fingerprint density at radius 2 is 2.06 bits per heavy atom. The van der Waals surface area contributed by atoms with Gasteiger partial charge in [-0.3, -0.25) is 9.78 Å². The van der Waals surface area contributed by atoms with Crippen LogP contribution >= 0.6 is 28.3 Å². The van der Waals surface area contributed by atoms with Crippen LogP contribution in [0.5, 0.6) is 0 Å². The fraction of sp³-hybridized carbons (Fsp3) is 0. The summed E-state index contributed by atoms with van der Waals surface area (Å²) in [5.74, 6) is -0.144. The highest BCUT2D eigenvalue weighted by atomic mass is 79.9. The Morgan fingerprint density at radius 1 is 1.24 bits per heavy atom. The van der Waals surface area contributed by atoms with Gasteiger partial charge in [0, 0.05) is 16.2 Å². The number of carbonyl (C=O) groups is 1. The predicted molar refractivity (Wildman–Crippen MR) is 73.6 cm³/mol. The van der Waals surface area contributed by atoms with E-state index in [4.69, 9.17) is 0 Å². The number of rotatable bonds is 2. The van der Waals surface area contributed by atoms with Crippen LogP contribution in [-0.2, 0) is 0 Å². The van der Waals surface area contributed by atoms with Crippen LogP contribution in [0.25, 0.3) is 0 Å². The van der Waals surface area contributed by atoms with Gasteiger partial charge < -0.3 is 5.32 Å². The second kappa shape index (κ2) is 6.37. The molecule has 1 N–H and O–H groups in total. The lowest BCUT2D eigenvalue weighted by Crippen LogP contribution is -2.11. The molecule has 0 saturated heterocycles. The van der Waals surface area contributed by atoms with Crippen LogP contribution in [0.2, 0.25) is 0 Å². The van der Waals surface area contributed by atoms with E-state index in [1.165, 1.54) is 0 Å². The third-order valence-corrected chi connectivity index (χ3v) is 2.50. The molecule has 0 fully saturated rings. The largest absolute Gasteiger partial charge is 0.321 e. The van der Waals surface area contributed by atoms with Crippen LogP contribution in [0.4, 0.5) is 5.69 Å². The monoisotopic (exact) mass is 312 g/mol. The van der Waals surface area contributed by atoms with E-state index < -0.39 is 0 Å². The summed E-state index contributed by atoms with van der Waals surface area (Å²) >= 11 is 3.32. The van der Waals surface area contributed by atoms with Gasteiger partial charge in [0.1, 0.15) is 0 Å². The molecule has 2 rings (SSSR count). The molecule has 1 amide bonds. The first kappa shape index (κ1) is 13.7. The molecule has 17 heavy (non-hydrogen) atoms. The van der Waals surface area contributed by atoms with Gasteiger partial charge in [0.2, 0.25) is 0 Å². The molecule has 0 radical (unpaired) electrons. The van der Waals surface area contributed by atoms with Crippen molar-refractivity contribution in [3.05, 3.63) is 58.8 Å². The third kappa shape index (κ3) is 3.84. The summed E-state index contributed by atoms with van der Waals surface area (Å²) in [5.41, 5.74) is 1.30. The topological polar surface area (TPSA) is 42.0 Å². The lowest BCUT2D eigenvalue weighted by Gasteiger charge is -2.04. The van der Waals surface area contributed by atoms with Crippen molar-refractivity contribution < 1.29 is 4.79 Å². The van der Waals surface area contributed by atoms with Gasteiger partial charge in [0.25, 0.3) is 5.91 Å². The van der Waals surface area contributed by atoms with Gasteiger partial charge >= 0.3 is 0 Å². The van der Waals surface area contributed by atoms with Crippen LogP contribution in [0.1, 0.15) is 10.4 Å². The predicted octanol–water partition coefficient (Wildman–Crippen LogP) is 3.52. The van der Waals surface area contributed by atoms with Crippen molar-refractivity contribution in [1.82, 2.24) is 4.98 Å². The summed E-state index contributed by atoms with van der Waals surface area (Å²) < 4.78 is 0.881. The molecule has 0 saturated carbocycles. The van der Waals surface area contributed by atoms with Gasteiger partial charge in [0.15, 0.2) is 0 Å². The Morgan fingerprint density at radius 3 is 2.71 bits per heavy atom. The molecule has 0 atom stereocenters. The summed E-state index contributed by atoms with van der Waals surface area (Å²) in [4.78, 5) is 15.7. The van der Waals surface area contributed by atoms with Gasteiger partial charge in [-0.25, -0.2) is 0 Å². The molecule has 1 heterocycles. The highest BCUT2D eigenvalue weighted by molar-refractivity contribution is 9.10. The molecule has 0 bridgehead atoms. The summed E-state index contributed by atoms with van der Waals surface area (Å²) in [7, 11) is 0. The van der Waals surface area contributed by atoms with E-state index >= 15 is 0 Å². The molecule has 0 unspecified atom stereocenters. The number of carbonyl (C=O) groups excluding carboxylic acids is 1. The van der Waals surface area contributed by atoms with Crippen molar-refractivity contribution >= 4 is 39.9 Å². The van der Waals surface area contributed by atoms with Crippen LogP contribution in [0.15, 0.2) is 53.3 Å². The standard InChI is InChI=1S/C12H9BrN2O.ClH/c13-10-4-1-3-9(7-10)12(16)15-11-5-2-6-14-8-11;/h1-8H,(H,15,16);1H. The van der Waals surface area contributed by atoms with E-state index in [0.29, 0.717) is 11.3 Å². The Kier molecular flexibility index (Phi) is 5.12. The van der Waals surface area contributed by atoms with E-state index in [1.807, 2.05) is 12.1 Å². The maximum Gasteiger partial charge on any atom is 0.255 e. The first-order chi connectivity index (χ1) is 7.75. The number of halogens is 2. The van der Waals surface area contributed by atoms with E-state index in [-0.39, 0.29) is 18.3 Å². The molecule has 0 spiro atoms. The zero-order chi connectivity index (χ0) is 11.4. The zero-order valence-corrected chi connectivity index (χ0v) is 11.2. The van der Waals surface area contributed by atoms with Gasteiger partial charge in [-0.15, -0.1) is 12.4 Å². The van der Waals surface area contributed by atoms with E-state index in [2.05, 4.69) is 26.2 Å². The molecule has 1 aromatic heterocycles. The molecule has 5 heteroatoms. The fourth-order valence-corrected chi connectivity index (χ4v) is 1.67. The number of pyridine rings is 1. The lowest BCUT2D eigenvalue weighted by molar-refractivity contribution is 0.102. The molecule has 2 aromatic rings. The number of nitrogens with one attached hydrogen (secondary N) is 1. The molecule has 0 aliphatic rings. The number of nitrogens with zero attached hydrogens (tertiary/aromatic N) is 1. The number of hydrogen-bond donors (Lipinski definition) is 1. The first-order valence-electron chi connectivity index (χ1n) is 4.72. The Balaban J connectivity index is 0.00000144. The fourth-order valence-electron chi connectivity index (χ4n) is 1.27. The molecule has 0 aliphatic carbocycles. The van der Waals surface area contributed by atoms with Crippen LogP contribution in [-0.4, -0.2) is 10.9 Å². The average Bonchev–Trinajstić information content (AvgIpc) is 2.30. The number of hydrogen-bond acceptors (Lipinski definition) is 2.